The van der Waals surface area contributed by atoms with Crippen molar-refractivity contribution in [2.45, 2.75) is 115 Å². The van der Waals surface area contributed by atoms with Crippen LogP contribution in [0, 0.1) is 0 Å². The van der Waals surface area contributed by atoms with Crippen LogP contribution in [0.1, 0.15) is 109 Å². The van der Waals surface area contributed by atoms with Gasteiger partial charge in [-0.2, -0.15) is 0 Å². The van der Waals surface area contributed by atoms with Crippen molar-refractivity contribution < 1.29 is 9.53 Å². The molecule has 0 heterocycles. The Balaban J connectivity index is 3.02. The molecule has 2 nitrogen and oxygen atoms in total. The number of ether oxygens (including phenoxy) is 1. The van der Waals surface area contributed by atoms with Gasteiger partial charge in [0.25, 0.3) is 6.47 Å². The second kappa shape index (κ2) is 20.3. The number of hydrogen-bond donors (Lipinski definition) is 0. The zero-order valence-corrected chi connectivity index (χ0v) is 19.7. The number of rotatable bonds is 21. The third-order valence-corrected chi connectivity index (χ3v) is 7.41. The number of unbranched alkanes of at least 4 members (excludes halogenated alkanes) is 16. The van der Waals surface area contributed by atoms with Crippen LogP contribution in [-0.4, -0.2) is 19.1 Å². The summed E-state index contributed by atoms with van der Waals surface area (Å²) in [6, 6.07) is -1.56. The minimum atomic E-state index is -2.37. The van der Waals surface area contributed by atoms with Gasteiger partial charge in [0.05, 0.1) is 6.61 Å². The lowest BCUT2D eigenvalue weighted by atomic mass is 10.0. The summed E-state index contributed by atoms with van der Waals surface area (Å²) in [7, 11) is 0. The summed E-state index contributed by atoms with van der Waals surface area (Å²) in [5.41, 5.74) is 0. The first-order valence-electron chi connectivity index (χ1n) is 10.7. The molecule has 0 aliphatic heterocycles. The van der Waals surface area contributed by atoms with Gasteiger partial charge in [0.15, 0.2) is 0 Å². The molecule has 0 aromatic carbocycles. The standard InChI is InChI=1S/C20H39Cl3O2Si/c21-26(22,23)19-17-15-13-11-9-7-5-3-1-2-4-6-8-10-12-14-16-18-25-20-24/h20H,1-19H2. The Bertz CT molecular complexity index is 299. The highest BCUT2D eigenvalue weighted by molar-refractivity contribution is 7.64. The highest BCUT2D eigenvalue weighted by Gasteiger charge is 2.23. The lowest BCUT2D eigenvalue weighted by Gasteiger charge is -2.07. The first kappa shape index (κ1) is 26.6. The molecule has 0 N–H and O–H groups in total. The average Bonchev–Trinajstić information content (AvgIpc) is 2.59. The van der Waals surface area contributed by atoms with Gasteiger partial charge in [-0.05, 0) is 12.5 Å². The Hall–Kier alpha value is 0.557. The van der Waals surface area contributed by atoms with E-state index >= 15 is 0 Å². The van der Waals surface area contributed by atoms with Crippen molar-refractivity contribution in [2.75, 3.05) is 6.61 Å². The maximum Gasteiger partial charge on any atom is 0.341 e. The van der Waals surface area contributed by atoms with E-state index in [4.69, 9.17) is 33.2 Å². The molecule has 0 atom stereocenters. The SMILES string of the molecule is O=COCCCCCCCCCCCCCCCCCCC[Si](Cl)(Cl)Cl. The maximum absolute atomic E-state index is 9.98. The number of carbonyl (C=O) groups excluding carboxylic acids is 1. The van der Waals surface area contributed by atoms with Crippen molar-refractivity contribution in [3.63, 3.8) is 0 Å². The summed E-state index contributed by atoms with van der Waals surface area (Å²) in [6.45, 7) is 1.12. The van der Waals surface area contributed by atoms with Gasteiger partial charge in [-0.1, -0.05) is 103 Å². The zero-order valence-electron chi connectivity index (χ0n) is 16.5. The van der Waals surface area contributed by atoms with Crippen molar-refractivity contribution in [1.82, 2.24) is 0 Å². The number of hydrogen-bond acceptors (Lipinski definition) is 2. The van der Waals surface area contributed by atoms with E-state index < -0.39 is 6.00 Å². The molecule has 26 heavy (non-hydrogen) atoms. The van der Waals surface area contributed by atoms with Crippen LogP contribution in [0.3, 0.4) is 0 Å². The van der Waals surface area contributed by atoms with Crippen LogP contribution in [-0.2, 0) is 9.53 Å². The lowest BCUT2D eigenvalue weighted by Crippen LogP contribution is -2.07. The van der Waals surface area contributed by atoms with Crippen LogP contribution >= 0.6 is 33.2 Å². The second-order valence-electron chi connectivity index (χ2n) is 7.34. The summed E-state index contributed by atoms with van der Waals surface area (Å²) < 4.78 is 4.68. The quantitative estimate of drug-likeness (QED) is 0.0766. The summed E-state index contributed by atoms with van der Waals surface area (Å²) in [5.74, 6) is 0. The average molecular weight is 446 g/mol. The van der Waals surface area contributed by atoms with Gasteiger partial charge in [-0.3, -0.25) is 4.79 Å². The fraction of sp³-hybridized carbons (Fsp3) is 0.950. The van der Waals surface area contributed by atoms with E-state index in [1.165, 1.54) is 96.3 Å². The van der Waals surface area contributed by atoms with Gasteiger partial charge in [0, 0.05) is 0 Å². The number of halogens is 3. The van der Waals surface area contributed by atoms with E-state index in [9.17, 15) is 4.79 Å². The van der Waals surface area contributed by atoms with Crippen LogP contribution in [0.4, 0.5) is 0 Å². The third kappa shape index (κ3) is 24.6. The van der Waals surface area contributed by atoms with Crippen molar-refractivity contribution in [2.24, 2.45) is 0 Å². The van der Waals surface area contributed by atoms with Crippen LogP contribution in [0.2, 0.25) is 6.04 Å². The highest BCUT2D eigenvalue weighted by Crippen LogP contribution is 2.27. The Labute approximate surface area is 176 Å². The van der Waals surface area contributed by atoms with E-state index in [0.29, 0.717) is 13.1 Å². The molecular weight excluding hydrogens is 407 g/mol. The van der Waals surface area contributed by atoms with Gasteiger partial charge in [-0.15, -0.1) is 33.2 Å². The number of carbonyl (C=O) groups is 1. The molecule has 0 fully saturated rings. The molecule has 0 aliphatic rings. The lowest BCUT2D eigenvalue weighted by molar-refractivity contribution is -0.128. The normalized spacial score (nSPS) is 11.7. The topological polar surface area (TPSA) is 26.3 Å². The van der Waals surface area contributed by atoms with Gasteiger partial charge < -0.3 is 4.74 Å². The van der Waals surface area contributed by atoms with Gasteiger partial charge in [-0.25, -0.2) is 0 Å². The van der Waals surface area contributed by atoms with E-state index in [-0.39, 0.29) is 0 Å². The monoisotopic (exact) mass is 444 g/mol. The van der Waals surface area contributed by atoms with Gasteiger partial charge >= 0.3 is 6.00 Å². The molecule has 156 valence electrons. The Morgan fingerprint density at radius 3 is 1.15 bits per heavy atom. The molecule has 0 aromatic heterocycles. The van der Waals surface area contributed by atoms with Gasteiger partial charge in [0.1, 0.15) is 0 Å². The van der Waals surface area contributed by atoms with Crippen molar-refractivity contribution >= 4 is 45.7 Å². The van der Waals surface area contributed by atoms with E-state index in [2.05, 4.69) is 4.74 Å². The summed E-state index contributed by atoms with van der Waals surface area (Å²) in [4.78, 5) is 9.98. The first-order chi connectivity index (χ1) is 12.6. The Kier molecular flexibility index (Phi) is 20.7. The minimum absolute atomic E-state index is 0.540. The molecule has 0 unspecified atom stereocenters. The molecule has 0 radical (unpaired) electrons. The fourth-order valence-corrected chi connectivity index (χ4v) is 5.06. The smallest absolute Gasteiger partial charge is 0.341 e. The summed E-state index contributed by atoms with van der Waals surface area (Å²) in [6.07, 6.45) is 22.2. The Morgan fingerprint density at radius 1 is 0.538 bits per heavy atom. The molecule has 6 heteroatoms. The van der Waals surface area contributed by atoms with Crippen molar-refractivity contribution in [1.29, 1.82) is 0 Å². The summed E-state index contributed by atoms with van der Waals surface area (Å²) in [5, 5.41) is 0. The molecular formula is C20H39Cl3O2Si. The van der Waals surface area contributed by atoms with Crippen LogP contribution in [0.5, 0.6) is 0 Å². The molecule has 0 spiro atoms. The molecule has 0 rings (SSSR count). The van der Waals surface area contributed by atoms with Gasteiger partial charge in [0.2, 0.25) is 0 Å². The van der Waals surface area contributed by atoms with Crippen LogP contribution in [0.25, 0.3) is 0 Å². The highest BCUT2D eigenvalue weighted by atomic mass is 35.8. The predicted molar refractivity (Wildman–Crippen MR) is 119 cm³/mol. The second-order valence-corrected chi connectivity index (χ2v) is 16.6. The van der Waals surface area contributed by atoms with Crippen molar-refractivity contribution in [3.8, 4) is 0 Å². The third-order valence-electron chi connectivity index (χ3n) is 4.79. The molecule has 0 amide bonds. The molecule has 0 aliphatic carbocycles. The maximum atomic E-state index is 9.98. The minimum Gasteiger partial charge on any atom is -0.468 e. The molecule has 0 bridgehead atoms. The fourth-order valence-electron chi connectivity index (χ4n) is 3.21. The zero-order chi connectivity index (χ0) is 19.3. The molecule has 0 aromatic rings. The van der Waals surface area contributed by atoms with Crippen molar-refractivity contribution in [3.05, 3.63) is 0 Å². The van der Waals surface area contributed by atoms with E-state index in [0.717, 1.165) is 18.9 Å². The predicted octanol–water partition coefficient (Wildman–Crippen LogP) is 8.45. The summed E-state index contributed by atoms with van der Waals surface area (Å²) >= 11 is 17.6. The first-order valence-corrected chi connectivity index (χ1v) is 15.9. The van der Waals surface area contributed by atoms with E-state index in [1.54, 1.807) is 0 Å². The molecule has 0 saturated carbocycles. The largest absolute Gasteiger partial charge is 0.468 e. The Morgan fingerprint density at radius 2 is 0.846 bits per heavy atom. The van der Waals surface area contributed by atoms with Crippen LogP contribution < -0.4 is 0 Å². The van der Waals surface area contributed by atoms with E-state index in [1.807, 2.05) is 0 Å². The van der Waals surface area contributed by atoms with Crippen LogP contribution in [0.15, 0.2) is 0 Å². The molecule has 0 saturated heterocycles.